The van der Waals surface area contributed by atoms with Gasteiger partial charge in [0.15, 0.2) is 16.7 Å². The number of amides is 1. The number of hydrogen-bond donors (Lipinski definition) is 1. The summed E-state index contributed by atoms with van der Waals surface area (Å²) >= 11 is 13.4. The number of ether oxygens (including phenoxy) is 2. The first-order chi connectivity index (χ1) is 16.9. The molecule has 35 heavy (non-hydrogen) atoms. The molecule has 1 amide bonds. The Hall–Kier alpha value is -3.40. The molecule has 1 aromatic heterocycles. The van der Waals surface area contributed by atoms with E-state index in [1.165, 1.54) is 31.6 Å². The Bertz CT molecular complexity index is 1310. The average molecular weight is 532 g/mol. The third-order valence-electron chi connectivity index (χ3n) is 4.90. The number of thioether (sulfide) groups is 1. The van der Waals surface area contributed by atoms with Crippen LogP contribution in [-0.4, -0.2) is 41.5 Å². The van der Waals surface area contributed by atoms with E-state index in [-0.39, 0.29) is 29.7 Å². The number of benzene rings is 2. The van der Waals surface area contributed by atoms with Crippen molar-refractivity contribution in [2.75, 3.05) is 14.2 Å². The number of phenols is 1. The number of amidine groups is 1. The summed E-state index contributed by atoms with van der Waals surface area (Å²) in [7, 11) is 2.86. The van der Waals surface area contributed by atoms with E-state index in [4.69, 9.17) is 37.1 Å². The van der Waals surface area contributed by atoms with Crippen LogP contribution in [0, 0.1) is 0 Å². The molecule has 0 unspecified atom stereocenters. The van der Waals surface area contributed by atoms with E-state index in [2.05, 4.69) is 10.2 Å². The Morgan fingerprint density at radius 2 is 1.89 bits per heavy atom. The first-order valence-corrected chi connectivity index (χ1v) is 11.7. The van der Waals surface area contributed by atoms with Crippen molar-refractivity contribution in [2.24, 2.45) is 10.2 Å². The first-order valence-electron chi connectivity index (χ1n) is 10.1. The Labute approximate surface area is 215 Å². The molecule has 2 heterocycles. The van der Waals surface area contributed by atoms with Crippen LogP contribution in [0.3, 0.4) is 0 Å². The highest BCUT2D eigenvalue weighted by atomic mass is 35.5. The fourth-order valence-electron chi connectivity index (χ4n) is 3.19. The van der Waals surface area contributed by atoms with Crippen LogP contribution in [-0.2, 0) is 11.3 Å². The monoisotopic (exact) mass is 531 g/mol. The summed E-state index contributed by atoms with van der Waals surface area (Å²) in [4.78, 5) is 15.1. The van der Waals surface area contributed by atoms with Crippen LogP contribution in [0.15, 0.2) is 68.3 Å². The third-order valence-corrected chi connectivity index (χ3v) is 6.73. The molecule has 180 valence electrons. The smallest absolute Gasteiger partial charge is 0.267 e. The lowest BCUT2D eigenvalue weighted by Crippen LogP contribution is -2.28. The van der Waals surface area contributed by atoms with Gasteiger partial charge in [-0.2, -0.15) is 5.10 Å². The van der Waals surface area contributed by atoms with Gasteiger partial charge in [0, 0.05) is 5.56 Å². The quantitative estimate of drug-likeness (QED) is 0.234. The van der Waals surface area contributed by atoms with E-state index in [0.717, 1.165) is 11.8 Å². The van der Waals surface area contributed by atoms with Crippen molar-refractivity contribution >= 4 is 58.3 Å². The van der Waals surface area contributed by atoms with Crippen LogP contribution in [0.4, 0.5) is 0 Å². The highest BCUT2D eigenvalue weighted by molar-refractivity contribution is 8.18. The van der Waals surface area contributed by atoms with Gasteiger partial charge in [-0.3, -0.25) is 9.69 Å². The van der Waals surface area contributed by atoms with Crippen molar-refractivity contribution in [3.05, 3.63) is 80.6 Å². The summed E-state index contributed by atoms with van der Waals surface area (Å²) < 4.78 is 15.8. The maximum atomic E-state index is 13.3. The lowest BCUT2D eigenvalue weighted by Gasteiger charge is -2.12. The summed E-state index contributed by atoms with van der Waals surface area (Å²) in [6, 6.07) is 11.9. The summed E-state index contributed by atoms with van der Waals surface area (Å²) in [6.45, 7) is 0.171. The predicted octanol–water partition coefficient (Wildman–Crippen LogP) is 5.82. The highest BCUT2D eigenvalue weighted by Crippen LogP contribution is 2.40. The normalized spacial score (nSPS) is 16.1. The maximum absolute atomic E-state index is 13.3. The molecule has 1 saturated heterocycles. The molecule has 0 spiro atoms. The number of hydrogen-bond acceptors (Lipinski definition) is 8. The van der Waals surface area contributed by atoms with E-state index in [9.17, 15) is 9.90 Å². The lowest BCUT2D eigenvalue weighted by atomic mass is 10.1. The summed E-state index contributed by atoms with van der Waals surface area (Å²) in [5.74, 6) is 0.611. The fourth-order valence-corrected chi connectivity index (χ4v) is 4.48. The zero-order valence-electron chi connectivity index (χ0n) is 18.6. The number of methoxy groups -OCH3 is 2. The van der Waals surface area contributed by atoms with E-state index < -0.39 is 0 Å². The topological polar surface area (TPSA) is 96.9 Å². The molecule has 1 aliphatic heterocycles. The molecule has 3 aromatic rings. The number of nitrogens with zero attached hydrogens (tertiary/aromatic N) is 3. The molecule has 11 heteroatoms. The van der Waals surface area contributed by atoms with Crippen molar-refractivity contribution in [3.63, 3.8) is 0 Å². The van der Waals surface area contributed by atoms with E-state index in [1.54, 1.807) is 48.5 Å². The Morgan fingerprint density at radius 3 is 2.54 bits per heavy atom. The lowest BCUT2D eigenvalue weighted by molar-refractivity contribution is -0.122. The fraction of sp³-hybridized carbons (Fsp3) is 0.125. The summed E-state index contributed by atoms with van der Waals surface area (Å²) in [6.07, 6.45) is 4.66. The minimum Gasteiger partial charge on any atom is -0.502 e. The van der Waals surface area contributed by atoms with Gasteiger partial charge < -0.3 is 19.0 Å². The molecule has 0 bridgehead atoms. The number of aromatic hydroxyl groups is 1. The predicted molar refractivity (Wildman–Crippen MR) is 138 cm³/mol. The standard InChI is InChI=1S/C24H19Cl2N3O5S/c1-32-18-9-14(10-19(33-2)22(18)30)11-20-23(31)29(13-16-6-4-8-34-16)24(35-20)28-27-12-15-5-3-7-17(25)21(15)26/h3-12,30H,13H2,1-2H3/b20-11-,27-12-,28-24+. The molecular formula is C24H19Cl2N3O5S. The number of carbonyl (C=O) groups excluding carboxylic acids is 1. The van der Waals surface area contributed by atoms with Crippen LogP contribution in [0.1, 0.15) is 16.9 Å². The molecule has 1 aliphatic rings. The van der Waals surface area contributed by atoms with Crippen molar-refractivity contribution < 1.29 is 23.8 Å². The number of phenolic OH excluding ortho intramolecular Hbond substituents is 1. The van der Waals surface area contributed by atoms with Crippen molar-refractivity contribution in [2.45, 2.75) is 6.54 Å². The zero-order chi connectivity index (χ0) is 24.9. The summed E-state index contributed by atoms with van der Waals surface area (Å²) in [5.41, 5.74) is 1.19. The Kier molecular flexibility index (Phi) is 7.70. The van der Waals surface area contributed by atoms with Crippen LogP contribution < -0.4 is 9.47 Å². The van der Waals surface area contributed by atoms with Crippen molar-refractivity contribution in [1.29, 1.82) is 0 Å². The molecular weight excluding hydrogens is 513 g/mol. The summed E-state index contributed by atoms with van der Waals surface area (Å²) in [5, 5.41) is 19.7. The largest absolute Gasteiger partial charge is 0.502 e. The van der Waals surface area contributed by atoms with Crippen LogP contribution in [0.2, 0.25) is 10.0 Å². The van der Waals surface area contributed by atoms with Crippen molar-refractivity contribution in [3.8, 4) is 17.2 Å². The molecule has 1 N–H and O–H groups in total. The SMILES string of the molecule is COc1cc(/C=C2\S/C(=N/N=C\c3cccc(Cl)c3Cl)N(Cc3ccco3)C2=O)cc(OC)c1O. The van der Waals surface area contributed by atoms with E-state index in [1.807, 2.05) is 0 Å². The van der Waals surface area contributed by atoms with Gasteiger partial charge in [0.2, 0.25) is 5.75 Å². The first kappa shape index (κ1) is 24.7. The zero-order valence-corrected chi connectivity index (χ0v) is 20.9. The van der Waals surface area contributed by atoms with Gasteiger partial charge in [0.1, 0.15) is 5.76 Å². The Morgan fingerprint density at radius 1 is 1.14 bits per heavy atom. The molecule has 0 radical (unpaired) electrons. The van der Waals surface area contributed by atoms with Crippen LogP contribution in [0.25, 0.3) is 6.08 Å². The Balaban J connectivity index is 1.68. The third kappa shape index (κ3) is 5.48. The molecule has 8 nitrogen and oxygen atoms in total. The van der Waals surface area contributed by atoms with Gasteiger partial charge in [0.05, 0.1) is 48.2 Å². The minimum atomic E-state index is -0.285. The molecule has 4 rings (SSSR count). The van der Waals surface area contributed by atoms with E-state index in [0.29, 0.717) is 37.0 Å². The number of furan rings is 1. The maximum Gasteiger partial charge on any atom is 0.267 e. The van der Waals surface area contributed by atoms with Gasteiger partial charge in [-0.25, -0.2) is 0 Å². The van der Waals surface area contributed by atoms with Gasteiger partial charge in [0.25, 0.3) is 5.91 Å². The second-order valence-corrected chi connectivity index (χ2v) is 8.92. The van der Waals surface area contributed by atoms with E-state index >= 15 is 0 Å². The minimum absolute atomic E-state index is 0.127. The van der Waals surface area contributed by atoms with Crippen molar-refractivity contribution in [1.82, 2.24) is 4.90 Å². The molecule has 0 saturated carbocycles. The number of rotatable bonds is 7. The second kappa shape index (κ2) is 10.9. The van der Waals surface area contributed by atoms with Gasteiger partial charge in [-0.05, 0) is 53.7 Å². The number of carbonyl (C=O) groups is 1. The molecule has 0 atom stereocenters. The molecule has 1 fully saturated rings. The van der Waals surface area contributed by atoms with Gasteiger partial charge >= 0.3 is 0 Å². The highest BCUT2D eigenvalue weighted by Gasteiger charge is 2.34. The molecule has 0 aliphatic carbocycles. The van der Waals surface area contributed by atoms with Gasteiger partial charge in [-0.15, -0.1) is 5.10 Å². The number of halogens is 2. The molecule has 2 aromatic carbocycles. The van der Waals surface area contributed by atoms with Crippen LogP contribution in [0.5, 0.6) is 17.2 Å². The van der Waals surface area contributed by atoms with Gasteiger partial charge in [-0.1, -0.05) is 35.3 Å². The average Bonchev–Trinajstić information content (AvgIpc) is 3.47. The second-order valence-electron chi connectivity index (χ2n) is 7.13. The van der Waals surface area contributed by atoms with Crippen LogP contribution >= 0.6 is 35.0 Å².